The predicted molar refractivity (Wildman–Crippen MR) is 64.2 cm³/mol. The van der Waals surface area contributed by atoms with Crippen LogP contribution in [0.1, 0.15) is 30.4 Å². The quantitative estimate of drug-likeness (QED) is 0.849. The van der Waals surface area contributed by atoms with Crippen molar-refractivity contribution in [1.29, 1.82) is 0 Å². The minimum absolute atomic E-state index is 0.0339. The fourth-order valence-corrected chi connectivity index (χ4v) is 2.46. The summed E-state index contributed by atoms with van der Waals surface area (Å²) in [6.07, 6.45) is 0.0697. The SMILES string of the molecule is CC(=O)N1CC(CC(=O)O)c2cccc(C)c21. The Bertz CT molecular complexity index is 482. The van der Waals surface area contributed by atoms with Gasteiger partial charge in [0.1, 0.15) is 0 Å². The fourth-order valence-electron chi connectivity index (χ4n) is 2.46. The molecule has 1 aliphatic heterocycles. The molecule has 1 amide bonds. The Labute approximate surface area is 99.9 Å². The van der Waals surface area contributed by atoms with E-state index >= 15 is 0 Å². The molecule has 4 heteroatoms. The Morgan fingerprint density at radius 1 is 1.47 bits per heavy atom. The summed E-state index contributed by atoms with van der Waals surface area (Å²) in [6.45, 7) is 3.93. The topological polar surface area (TPSA) is 57.6 Å². The van der Waals surface area contributed by atoms with Crippen molar-refractivity contribution in [2.24, 2.45) is 0 Å². The van der Waals surface area contributed by atoms with Crippen molar-refractivity contribution in [1.82, 2.24) is 0 Å². The lowest BCUT2D eigenvalue weighted by atomic mass is 9.96. The second-order valence-electron chi connectivity index (χ2n) is 4.44. The standard InChI is InChI=1S/C13H15NO3/c1-8-4-3-5-11-10(6-12(16)17)7-14(9(2)15)13(8)11/h3-5,10H,6-7H2,1-2H3,(H,16,17). The lowest BCUT2D eigenvalue weighted by Crippen LogP contribution is -2.28. The van der Waals surface area contributed by atoms with Gasteiger partial charge in [0.05, 0.1) is 12.1 Å². The molecule has 0 saturated heterocycles. The highest BCUT2D eigenvalue weighted by molar-refractivity contribution is 5.95. The van der Waals surface area contributed by atoms with Crippen molar-refractivity contribution in [3.63, 3.8) is 0 Å². The van der Waals surface area contributed by atoms with Gasteiger partial charge in [-0.2, -0.15) is 0 Å². The van der Waals surface area contributed by atoms with Crippen molar-refractivity contribution in [3.05, 3.63) is 29.3 Å². The van der Waals surface area contributed by atoms with Crippen LogP contribution >= 0.6 is 0 Å². The van der Waals surface area contributed by atoms with Gasteiger partial charge in [-0.05, 0) is 18.1 Å². The van der Waals surface area contributed by atoms with Crippen molar-refractivity contribution in [2.45, 2.75) is 26.2 Å². The first kappa shape index (κ1) is 11.6. The van der Waals surface area contributed by atoms with Gasteiger partial charge in [0, 0.05) is 19.4 Å². The third-order valence-corrected chi connectivity index (χ3v) is 3.18. The van der Waals surface area contributed by atoms with E-state index in [-0.39, 0.29) is 18.2 Å². The largest absolute Gasteiger partial charge is 0.481 e. The number of para-hydroxylation sites is 1. The van der Waals surface area contributed by atoms with Crippen LogP contribution in [0.5, 0.6) is 0 Å². The maximum Gasteiger partial charge on any atom is 0.304 e. The van der Waals surface area contributed by atoms with Crippen molar-refractivity contribution in [3.8, 4) is 0 Å². The summed E-state index contributed by atoms with van der Waals surface area (Å²) in [5.41, 5.74) is 2.89. The van der Waals surface area contributed by atoms with E-state index in [1.165, 1.54) is 6.92 Å². The van der Waals surface area contributed by atoms with Crippen LogP contribution in [0.2, 0.25) is 0 Å². The molecule has 4 nitrogen and oxygen atoms in total. The molecule has 0 aromatic heterocycles. The van der Waals surface area contributed by atoms with Crippen LogP contribution in [0.25, 0.3) is 0 Å². The van der Waals surface area contributed by atoms with E-state index in [0.717, 1.165) is 16.8 Å². The van der Waals surface area contributed by atoms with E-state index in [2.05, 4.69) is 0 Å². The average Bonchev–Trinajstić information content (AvgIpc) is 2.58. The average molecular weight is 233 g/mol. The molecule has 1 N–H and O–H groups in total. The molecule has 0 aliphatic carbocycles. The first-order valence-corrected chi connectivity index (χ1v) is 5.60. The minimum atomic E-state index is -0.826. The Balaban J connectivity index is 2.44. The summed E-state index contributed by atoms with van der Waals surface area (Å²) in [5.74, 6) is -0.951. The number of carbonyl (C=O) groups is 2. The number of carboxylic acids is 1. The molecule has 0 fully saturated rings. The lowest BCUT2D eigenvalue weighted by Gasteiger charge is -2.16. The molecular formula is C13H15NO3. The smallest absolute Gasteiger partial charge is 0.304 e. The van der Waals surface area contributed by atoms with E-state index < -0.39 is 5.97 Å². The van der Waals surface area contributed by atoms with Crippen LogP contribution in [-0.2, 0) is 9.59 Å². The van der Waals surface area contributed by atoms with Gasteiger partial charge in [0.15, 0.2) is 0 Å². The van der Waals surface area contributed by atoms with E-state index in [9.17, 15) is 9.59 Å². The van der Waals surface area contributed by atoms with Crippen LogP contribution in [-0.4, -0.2) is 23.5 Å². The van der Waals surface area contributed by atoms with Gasteiger partial charge >= 0.3 is 5.97 Å². The van der Waals surface area contributed by atoms with Gasteiger partial charge in [-0.3, -0.25) is 9.59 Å². The molecule has 0 bridgehead atoms. The molecule has 1 aliphatic rings. The summed E-state index contributed by atoms with van der Waals surface area (Å²) in [5, 5.41) is 8.89. The number of carbonyl (C=O) groups excluding carboxylic acids is 1. The zero-order valence-corrected chi connectivity index (χ0v) is 9.93. The highest BCUT2D eigenvalue weighted by atomic mass is 16.4. The normalized spacial score (nSPS) is 18.0. The monoisotopic (exact) mass is 233 g/mol. The number of carboxylic acid groups (broad SMARTS) is 1. The number of fused-ring (bicyclic) bond motifs is 1. The summed E-state index contributed by atoms with van der Waals surface area (Å²) >= 11 is 0. The van der Waals surface area contributed by atoms with Gasteiger partial charge in [-0.15, -0.1) is 0 Å². The van der Waals surface area contributed by atoms with E-state index in [1.807, 2.05) is 25.1 Å². The fraction of sp³-hybridized carbons (Fsp3) is 0.385. The second-order valence-corrected chi connectivity index (χ2v) is 4.44. The molecule has 1 aromatic rings. The summed E-state index contributed by atoms with van der Waals surface area (Å²) in [7, 11) is 0. The minimum Gasteiger partial charge on any atom is -0.481 e. The van der Waals surface area contributed by atoms with Gasteiger partial charge in [-0.1, -0.05) is 18.2 Å². The maximum atomic E-state index is 11.6. The summed E-state index contributed by atoms with van der Waals surface area (Å²) in [4.78, 5) is 24.1. The number of hydrogen-bond acceptors (Lipinski definition) is 2. The predicted octanol–water partition coefficient (Wildman–Crippen LogP) is 1.92. The first-order valence-electron chi connectivity index (χ1n) is 5.60. The molecule has 1 unspecified atom stereocenters. The number of aryl methyl sites for hydroxylation is 1. The molecule has 90 valence electrons. The van der Waals surface area contributed by atoms with Gasteiger partial charge in [0.2, 0.25) is 5.91 Å². The Hall–Kier alpha value is -1.84. The number of anilines is 1. The lowest BCUT2D eigenvalue weighted by molar-refractivity contribution is -0.137. The Morgan fingerprint density at radius 3 is 2.76 bits per heavy atom. The van der Waals surface area contributed by atoms with Crippen molar-refractivity contribution < 1.29 is 14.7 Å². The number of amides is 1. The maximum absolute atomic E-state index is 11.6. The molecule has 17 heavy (non-hydrogen) atoms. The molecular weight excluding hydrogens is 218 g/mol. The van der Waals surface area contributed by atoms with Crippen molar-refractivity contribution in [2.75, 3.05) is 11.4 Å². The van der Waals surface area contributed by atoms with Crippen LogP contribution in [0, 0.1) is 6.92 Å². The molecule has 1 atom stereocenters. The molecule has 2 rings (SSSR count). The third kappa shape index (κ3) is 2.02. The van der Waals surface area contributed by atoms with Gasteiger partial charge < -0.3 is 10.0 Å². The Kier molecular flexibility index (Phi) is 2.88. The number of rotatable bonds is 2. The number of aliphatic carboxylic acids is 1. The van der Waals surface area contributed by atoms with Gasteiger partial charge in [-0.25, -0.2) is 0 Å². The van der Waals surface area contributed by atoms with E-state index in [1.54, 1.807) is 4.90 Å². The van der Waals surface area contributed by atoms with Crippen LogP contribution in [0.15, 0.2) is 18.2 Å². The second kappa shape index (κ2) is 4.20. The third-order valence-electron chi connectivity index (χ3n) is 3.18. The van der Waals surface area contributed by atoms with E-state index in [0.29, 0.717) is 6.54 Å². The highest BCUT2D eigenvalue weighted by Gasteiger charge is 2.32. The molecule has 1 heterocycles. The number of hydrogen-bond donors (Lipinski definition) is 1. The molecule has 0 saturated carbocycles. The van der Waals surface area contributed by atoms with Crippen molar-refractivity contribution >= 4 is 17.6 Å². The van der Waals surface area contributed by atoms with Crippen LogP contribution < -0.4 is 4.90 Å². The van der Waals surface area contributed by atoms with E-state index in [4.69, 9.17) is 5.11 Å². The molecule has 0 radical (unpaired) electrons. The zero-order valence-electron chi connectivity index (χ0n) is 9.93. The first-order chi connectivity index (χ1) is 8.00. The zero-order chi connectivity index (χ0) is 12.6. The van der Waals surface area contributed by atoms with Gasteiger partial charge in [0.25, 0.3) is 0 Å². The van der Waals surface area contributed by atoms with Crippen LogP contribution in [0.3, 0.4) is 0 Å². The molecule has 1 aromatic carbocycles. The Morgan fingerprint density at radius 2 is 2.18 bits per heavy atom. The molecule has 0 spiro atoms. The van der Waals surface area contributed by atoms with Crippen LogP contribution in [0.4, 0.5) is 5.69 Å². The summed E-state index contributed by atoms with van der Waals surface area (Å²) < 4.78 is 0. The number of nitrogens with zero attached hydrogens (tertiary/aromatic N) is 1. The number of benzene rings is 1. The summed E-state index contributed by atoms with van der Waals surface area (Å²) in [6, 6.07) is 5.77. The highest BCUT2D eigenvalue weighted by Crippen LogP contribution is 2.40.